The van der Waals surface area contributed by atoms with Gasteiger partial charge in [-0.05, 0) is 0 Å². The number of rotatable bonds is 3. The van der Waals surface area contributed by atoms with Crippen molar-refractivity contribution in [1.82, 2.24) is 14.6 Å². The molecule has 27 heavy (non-hydrogen) atoms. The SMILES string of the molecule is C[I-]OC(=O)c1nn2cc(-c3ccc(F)c(C)c3)[nH]c(=O)c2c1C(F)(F)F. The minimum absolute atomic E-state index is 0.120. The summed E-state index contributed by atoms with van der Waals surface area (Å²) in [6, 6.07) is 3.97. The van der Waals surface area contributed by atoms with E-state index in [1.54, 1.807) is 4.93 Å². The van der Waals surface area contributed by atoms with E-state index < -0.39 is 61.9 Å². The fourth-order valence-electron chi connectivity index (χ4n) is 2.56. The summed E-state index contributed by atoms with van der Waals surface area (Å²) in [5.74, 6) is -1.70. The van der Waals surface area contributed by atoms with Crippen LogP contribution in [0.4, 0.5) is 17.6 Å². The fourth-order valence-corrected chi connectivity index (χ4v) is 3.17. The third-order valence-corrected chi connectivity index (χ3v) is 4.56. The maximum atomic E-state index is 13.5. The Bertz CT molecular complexity index is 1100. The molecule has 0 bridgehead atoms. The second-order valence-electron chi connectivity index (χ2n) is 5.49. The first-order valence-corrected chi connectivity index (χ1v) is 10.4. The van der Waals surface area contributed by atoms with Gasteiger partial charge in [0, 0.05) is 0 Å². The van der Waals surface area contributed by atoms with Gasteiger partial charge in [-0.2, -0.15) is 0 Å². The number of aromatic amines is 1. The summed E-state index contributed by atoms with van der Waals surface area (Å²) in [5.41, 5.74) is -3.53. The average molecular weight is 496 g/mol. The van der Waals surface area contributed by atoms with E-state index in [9.17, 15) is 27.2 Å². The molecule has 3 rings (SSSR count). The number of nitrogens with zero attached hydrogens (tertiary/aromatic N) is 2. The standard InChI is InChI=1S/C16H11F4IN3O3/c1-7-5-8(3-4-9(7)17)10-6-24-13(14(25)22-10)11(16(18,19)20)12(23-24)15(26)27-21-2/h3-6H,1-2H3,(H,22,25)/q-1. The van der Waals surface area contributed by atoms with E-state index in [4.69, 9.17) is 3.07 Å². The summed E-state index contributed by atoms with van der Waals surface area (Å²) >= 11 is -1.08. The maximum absolute atomic E-state index is 13.5. The molecule has 3 aromatic rings. The van der Waals surface area contributed by atoms with Gasteiger partial charge >= 0.3 is 160 Å². The monoisotopic (exact) mass is 496 g/mol. The zero-order valence-corrected chi connectivity index (χ0v) is 16.0. The van der Waals surface area contributed by atoms with E-state index >= 15 is 0 Å². The van der Waals surface area contributed by atoms with E-state index in [0.717, 1.165) is 6.20 Å². The van der Waals surface area contributed by atoms with Crippen molar-refractivity contribution in [3.8, 4) is 11.3 Å². The van der Waals surface area contributed by atoms with Gasteiger partial charge in [0.25, 0.3) is 0 Å². The fraction of sp³-hybridized carbons (Fsp3) is 0.188. The van der Waals surface area contributed by atoms with Crippen molar-refractivity contribution in [2.24, 2.45) is 0 Å². The van der Waals surface area contributed by atoms with E-state index in [2.05, 4.69) is 10.1 Å². The molecule has 0 saturated heterocycles. The molecule has 0 saturated carbocycles. The van der Waals surface area contributed by atoms with Gasteiger partial charge in [-0.15, -0.1) is 0 Å². The zero-order chi connectivity index (χ0) is 19.9. The number of nitrogens with one attached hydrogen (secondary N) is 1. The first-order chi connectivity index (χ1) is 12.6. The number of carbonyl (C=O) groups excluding carboxylic acids is 1. The van der Waals surface area contributed by atoms with E-state index in [1.165, 1.54) is 25.1 Å². The predicted molar refractivity (Wildman–Crippen MR) is 82.3 cm³/mol. The molecule has 0 spiro atoms. The topological polar surface area (TPSA) is 76.5 Å². The molecule has 0 aliphatic rings. The van der Waals surface area contributed by atoms with Gasteiger partial charge in [-0.1, -0.05) is 0 Å². The molecule has 6 nitrogen and oxygen atoms in total. The Balaban J connectivity index is 2.28. The Morgan fingerprint density at radius 2 is 2.04 bits per heavy atom. The van der Waals surface area contributed by atoms with Crippen LogP contribution in [0.25, 0.3) is 16.8 Å². The number of halogens is 5. The number of benzene rings is 1. The van der Waals surface area contributed by atoms with Crippen molar-refractivity contribution < 1.29 is 47.0 Å². The first kappa shape index (κ1) is 19.3. The molecular formula is C16H11F4IN3O3-. The van der Waals surface area contributed by atoms with E-state index in [-0.39, 0.29) is 5.69 Å². The van der Waals surface area contributed by atoms with Crippen molar-refractivity contribution >= 4 is 11.5 Å². The van der Waals surface area contributed by atoms with Crippen molar-refractivity contribution in [3.63, 3.8) is 0 Å². The van der Waals surface area contributed by atoms with Crippen LogP contribution < -0.4 is 27.2 Å². The van der Waals surface area contributed by atoms with Gasteiger partial charge in [0.1, 0.15) is 0 Å². The number of aromatic nitrogens is 3. The molecule has 1 N–H and O–H groups in total. The van der Waals surface area contributed by atoms with Crippen LogP contribution in [0.2, 0.25) is 0 Å². The quantitative estimate of drug-likeness (QED) is 0.314. The van der Waals surface area contributed by atoms with Crippen molar-refractivity contribution in [2.75, 3.05) is 4.93 Å². The average Bonchev–Trinajstić information content (AvgIpc) is 2.98. The van der Waals surface area contributed by atoms with Crippen LogP contribution in [-0.2, 0) is 9.24 Å². The first-order valence-electron chi connectivity index (χ1n) is 7.33. The summed E-state index contributed by atoms with van der Waals surface area (Å²) in [4.78, 5) is 28.1. The molecule has 0 aliphatic heterocycles. The number of H-pyrrole nitrogens is 1. The molecule has 2 heterocycles. The molecule has 0 atom stereocenters. The van der Waals surface area contributed by atoms with Gasteiger partial charge < -0.3 is 0 Å². The van der Waals surface area contributed by atoms with Crippen molar-refractivity contribution in [3.05, 3.63) is 57.4 Å². The molecule has 0 aliphatic carbocycles. The van der Waals surface area contributed by atoms with Crippen LogP contribution in [0.1, 0.15) is 21.6 Å². The molecule has 2 aromatic heterocycles. The second-order valence-corrected chi connectivity index (χ2v) is 6.82. The zero-order valence-electron chi connectivity index (χ0n) is 13.8. The Kier molecular flexibility index (Phi) is 4.97. The Morgan fingerprint density at radius 3 is 2.63 bits per heavy atom. The molecule has 144 valence electrons. The Morgan fingerprint density at radius 1 is 1.33 bits per heavy atom. The predicted octanol–water partition coefficient (Wildman–Crippen LogP) is -0.0535. The summed E-state index contributed by atoms with van der Waals surface area (Å²) in [6.07, 6.45) is -3.85. The van der Waals surface area contributed by atoms with Crippen molar-refractivity contribution in [2.45, 2.75) is 13.1 Å². The van der Waals surface area contributed by atoms with E-state index in [1.807, 2.05) is 0 Å². The Labute approximate surface area is 160 Å². The van der Waals surface area contributed by atoms with Gasteiger partial charge in [0.2, 0.25) is 0 Å². The summed E-state index contributed by atoms with van der Waals surface area (Å²) < 4.78 is 59.2. The minimum atomic E-state index is -4.98. The number of hydrogen-bond donors (Lipinski definition) is 1. The third kappa shape index (κ3) is 3.55. The number of alkyl halides is 4. The summed E-state index contributed by atoms with van der Waals surface area (Å²) in [7, 11) is 0. The van der Waals surface area contributed by atoms with Crippen molar-refractivity contribution in [1.29, 1.82) is 0 Å². The van der Waals surface area contributed by atoms with Gasteiger partial charge in [0.05, 0.1) is 0 Å². The second kappa shape index (κ2) is 6.94. The number of hydrogen-bond acceptors (Lipinski definition) is 4. The van der Waals surface area contributed by atoms with E-state index in [0.29, 0.717) is 15.6 Å². The van der Waals surface area contributed by atoms with Crippen LogP contribution in [0, 0.1) is 12.7 Å². The van der Waals surface area contributed by atoms with Crippen LogP contribution >= 0.6 is 0 Å². The molecule has 0 amide bonds. The normalized spacial score (nSPS) is 11.9. The number of fused-ring (bicyclic) bond motifs is 1. The molecule has 0 unspecified atom stereocenters. The third-order valence-electron chi connectivity index (χ3n) is 3.72. The van der Waals surface area contributed by atoms with Crippen LogP contribution in [0.15, 0.2) is 29.2 Å². The molecule has 11 heteroatoms. The van der Waals surface area contributed by atoms with Crippen LogP contribution in [0.3, 0.4) is 0 Å². The number of aryl methyl sites for hydroxylation is 1. The summed E-state index contributed by atoms with van der Waals surface area (Å²) in [6.45, 7) is 1.51. The molecule has 0 radical (unpaired) electrons. The van der Waals surface area contributed by atoms with Gasteiger partial charge in [-0.3, -0.25) is 0 Å². The van der Waals surface area contributed by atoms with Crippen LogP contribution in [-0.4, -0.2) is 25.5 Å². The Hall–Kier alpha value is -2.44. The van der Waals surface area contributed by atoms with Gasteiger partial charge in [-0.25, -0.2) is 0 Å². The number of carbonyl (C=O) groups is 1. The van der Waals surface area contributed by atoms with Crippen LogP contribution in [0.5, 0.6) is 0 Å². The molecule has 1 aromatic carbocycles. The van der Waals surface area contributed by atoms with Gasteiger partial charge in [0.15, 0.2) is 0 Å². The molecule has 0 fully saturated rings. The molecular weight excluding hydrogens is 485 g/mol. The summed E-state index contributed by atoms with van der Waals surface area (Å²) in [5, 5.41) is 3.63.